The number of aromatic nitrogens is 2. The molecule has 4 fully saturated rings. The topological polar surface area (TPSA) is 46.9 Å². The molecule has 0 aromatic carbocycles. The van der Waals surface area contributed by atoms with Crippen LogP contribution in [-0.4, -0.2) is 14.7 Å². The van der Waals surface area contributed by atoms with Crippen molar-refractivity contribution < 1.29 is 0 Å². The van der Waals surface area contributed by atoms with Gasteiger partial charge in [-0.05, 0) is 61.5 Å². The molecule has 0 saturated heterocycles. The molecule has 1 heterocycles. The summed E-state index contributed by atoms with van der Waals surface area (Å²) < 4.78 is 3.94. The Bertz CT molecular complexity index is 548. The Kier molecular flexibility index (Phi) is 2.66. The molecule has 5 rings (SSSR count). The van der Waals surface area contributed by atoms with Gasteiger partial charge in [0.15, 0.2) is 0 Å². The quantitative estimate of drug-likeness (QED) is 0.587. The van der Waals surface area contributed by atoms with E-state index in [1.54, 1.807) is 0 Å². The van der Waals surface area contributed by atoms with Gasteiger partial charge in [-0.2, -0.15) is 5.11 Å². The minimum Gasteiger partial charge on any atom is -0.319 e. The van der Waals surface area contributed by atoms with E-state index in [2.05, 4.69) is 10.3 Å². The summed E-state index contributed by atoms with van der Waals surface area (Å²) in [6.45, 7) is 0. The van der Waals surface area contributed by atoms with Crippen LogP contribution in [0.3, 0.4) is 0 Å². The van der Waals surface area contributed by atoms with Crippen molar-refractivity contribution in [3.8, 4) is 0 Å². The molecule has 4 aliphatic rings. The number of hydrogen-bond acceptors (Lipinski definition) is 2. The van der Waals surface area contributed by atoms with Crippen molar-refractivity contribution in [1.29, 1.82) is 0 Å². The van der Waals surface area contributed by atoms with Crippen LogP contribution in [0.1, 0.15) is 38.5 Å². The molecule has 0 aliphatic heterocycles. The lowest BCUT2D eigenvalue weighted by Gasteiger charge is -2.54. The lowest BCUT2D eigenvalue weighted by atomic mass is 9.53. The van der Waals surface area contributed by atoms with E-state index in [0.717, 1.165) is 23.4 Å². The van der Waals surface area contributed by atoms with E-state index in [9.17, 15) is 0 Å². The fourth-order valence-corrected chi connectivity index (χ4v) is 5.07. The molecule has 108 valence electrons. The Balaban J connectivity index is 1.60. The van der Waals surface area contributed by atoms with Crippen LogP contribution < -0.4 is 5.62 Å². The second-order valence-corrected chi connectivity index (χ2v) is 7.25. The van der Waals surface area contributed by atoms with Gasteiger partial charge in [0.25, 0.3) is 0 Å². The van der Waals surface area contributed by atoms with Gasteiger partial charge < -0.3 is 9.13 Å². The lowest BCUT2D eigenvalue weighted by Crippen LogP contribution is -2.49. The number of hydrogen-bond donors (Lipinski definition) is 0. The molecule has 4 saturated carbocycles. The first kappa shape index (κ1) is 12.4. The zero-order valence-corrected chi connectivity index (χ0v) is 12.4. The molecule has 5 nitrogen and oxygen atoms in total. The van der Waals surface area contributed by atoms with Crippen LogP contribution >= 0.6 is 0 Å². The van der Waals surface area contributed by atoms with Gasteiger partial charge in [-0.1, -0.05) is 5.10 Å². The number of rotatable bonds is 2. The summed E-state index contributed by atoms with van der Waals surface area (Å²) in [5.41, 5.74) is 0.973. The third kappa shape index (κ3) is 1.95. The van der Waals surface area contributed by atoms with Crippen LogP contribution in [0.15, 0.2) is 27.8 Å². The predicted molar refractivity (Wildman–Crippen MR) is 75.7 cm³/mol. The highest BCUT2D eigenvalue weighted by molar-refractivity contribution is 5.05. The van der Waals surface area contributed by atoms with Gasteiger partial charge in [0, 0.05) is 26.5 Å². The molecule has 0 radical (unpaired) electrons. The Labute approximate surface area is 119 Å². The van der Waals surface area contributed by atoms with Crippen LogP contribution in [-0.2, 0) is 14.1 Å². The minimum absolute atomic E-state index is 0.127. The normalized spacial score (nSPS) is 38.8. The Hall–Kier alpha value is -1.39. The van der Waals surface area contributed by atoms with E-state index >= 15 is 0 Å². The molecule has 0 spiro atoms. The molecule has 0 amide bonds. The Morgan fingerprint density at radius 3 is 1.95 bits per heavy atom. The van der Waals surface area contributed by atoms with E-state index in [4.69, 9.17) is 5.11 Å². The zero-order chi connectivity index (χ0) is 13.7. The van der Waals surface area contributed by atoms with Crippen molar-refractivity contribution in [2.45, 2.75) is 44.1 Å². The molecular weight excluding hydrogens is 250 g/mol. The third-order valence-electron chi connectivity index (χ3n) is 5.54. The van der Waals surface area contributed by atoms with Crippen LogP contribution in [0.5, 0.6) is 0 Å². The molecule has 20 heavy (non-hydrogen) atoms. The SMILES string of the molecule is Cn1ccn(C)c1=NN=NC12CC3CC(CC(C3)C1)C2. The van der Waals surface area contributed by atoms with Crippen LogP contribution in [0.4, 0.5) is 0 Å². The molecule has 0 unspecified atom stereocenters. The van der Waals surface area contributed by atoms with Crippen molar-refractivity contribution in [2.24, 2.45) is 47.3 Å². The van der Waals surface area contributed by atoms with E-state index in [-0.39, 0.29) is 5.54 Å². The van der Waals surface area contributed by atoms with E-state index < -0.39 is 0 Å². The van der Waals surface area contributed by atoms with Gasteiger partial charge >= 0.3 is 0 Å². The lowest BCUT2D eigenvalue weighted by molar-refractivity contribution is -0.00216. The van der Waals surface area contributed by atoms with Crippen molar-refractivity contribution in [1.82, 2.24) is 9.13 Å². The van der Waals surface area contributed by atoms with Crippen molar-refractivity contribution >= 4 is 0 Å². The summed E-state index contributed by atoms with van der Waals surface area (Å²) >= 11 is 0. The fraction of sp³-hybridized carbons (Fsp3) is 0.800. The monoisotopic (exact) mass is 273 g/mol. The molecule has 0 atom stereocenters. The molecule has 1 aromatic heterocycles. The number of aryl methyl sites for hydroxylation is 2. The molecule has 4 aliphatic carbocycles. The summed E-state index contributed by atoms with van der Waals surface area (Å²) in [7, 11) is 3.97. The summed E-state index contributed by atoms with van der Waals surface area (Å²) in [6, 6.07) is 0. The third-order valence-corrected chi connectivity index (χ3v) is 5.54. The zero-order valence-electron chi connectivity index (χ0n) is 12.4. The smallest absolute Gasteiger partial charge is 0.231 e. The number of imidazole rings is 1. The van der Waals surface area contributed by atoms with Gasteiger partial charge in [-0.3, -0.25) is 0 Å². The second kappa shape index (κ2) is 4.30. The van der Waals surface area contributed by atoms with E-state index in [1.165, 1.54) is 38.5 Å². The minimum atomic E-state index is 0.127. The summed E-state index contributed by atoms with van der Waals surface area (Å²) in [6.07, 6.45) is 12.0. The van der Waals surface area contributed by atoms with Crippen LogP contribution in [0.25, 0.3) is 0 Å². The predicted octanol–water partition coefficient (Wildman–Crippen LogP) is 2.60. The fourth-order valence-electron chi connectivity index (χ4n) is 5.07. The highest BCUT2D eigenvalue weighted by atomic mass is 15.4. The summed E-state index contributed by atoms with van der Waals surface area (Å²) in [4.78, 5) is 0. The maximum Gasteiger partial charge on any atom is 0.231 e. The maximum atomic E-state index is 4.70. The largest absolute Gasteiger partial charge is 0.319 e. The van der Waals surface area contributed by atoms with Gasteiger partial charge in [0.1, 0.15) is 0 Å². The first-order valence-electron chi connectivity index (χ1n) is 7.77. The highest BCUT2D eigenvalue weighted by Gasteiger charge is 2.51. The van der Waals surface area contributed by atoms with E-state index in [0.29, 0.717) is 0 Å². The first-order chi connectivity index (χ1) is 9.63. The molecular formula is C15H23N5. The van der Waals surface area contributed by atoms with Crippen molar-refractivity contribution in [3.63, 3.8) is 0 Å². The Morgan fingerprint density at radius 2 is 1.45 bits per heavy atom. The average molecular weight is 273 g/mol. The number of nitrogens with zero attached hydrogens (tertiary/aromatic N) is 5. The van der Waals surface area contributed by atoms with Crippen molar-refractivity contribution in [2.75, 3.05) is 0 Å². The Morgan fingerprint density at radius 1 is 0.950 bits per heavy atom. The van der Waals surface area contributed by atoms with Crippen LogP contribution in [0.2, 0.25) is 0 Å². The van der Waals surface area contributed by atoms with Gasteiger partial charge in [0.05, 0.1) is 5.54 Å². The molecule has 0 N–H and O–H groups in total. The molecule has 4 bridgehead atoms. The van der Waals surface area contributed by atoms with E-state index in [1.807, 2.05) is 35.6 Å². The van der Waals surface area contributed by atoms with Gasteiger partial charge in [-0.15, -0.1) is 0 Å². The van der Waals surface area contributed by atoms with Gasteiger partial charge in [0.2, 0.25) is 5.62 Å². The van der Waals surface area contributed by atoms with Gasteiger partial charge in [-0.25, -0.2) is 0 Å². The molecule has 1 aromatic rings. The standard InChI is InChI=1S/C15H23N5/c1-19-3-4-20(2)14(19)16-18-17-15-8-11-5-12(9-15)7-13(6-11)10-15/h3-4,11-13H,5-10H2,1-2H3. The summed E-state index contributed by atoms with van der Waals surface area (Å²) in [5.74, 6) is 2.73. The highest BCUT2D eigenvalue weighted by Crippen LogP contribution is 2.57. The average Bonchev–Trinajstić information content (AvgIpc) is 2.68. The summed E-state index contributed by atoms with van der Waals surface area (Å²) in [5, 5.41) is 13.3. The first-order valence-corrected chi connectivity index (χ1v) is 7.77. The molecule has 5 heteroatoms. The second-order valence-electron chi connectivity index (χ2n) is 7.25. The maximum absolute atomic E-state index is 4.70. The van der Waals surface area contributed by atoms with Crippen LogP contribution in [0, 0.1) is 17.8 Å². The van der Waals surface area contributed by atoms with Crippen molar-refractivity contribution in [3.05, 3.63) is 18.0 Å².